The number of ether oxygens (including phenoxy) is 1. The van der Waals surface area contributed by atoms with Gasteiger partial charge >= 0.3 is 0 Å². The number of hydrogen-bond donors (Lipinski definition) is 2. The third-order valence-electron chi connectivity index (χ3n) is 5.65. The van der Waals surface area contributed by atoms with E-state index in [-0.39, 0.29) is 24.0 Å². The van der Waals surface area contributed by atoms with Gasteiger partial charge in [0.15, 0.2) is 5.96 Å². The van der Waals surface area contributed by atoms with Crippen molar-refractivity contribution in [3.63, 3.8) is 0 Å². The van der Waals surface area contributed by atoms with E-state index >= 15 is 0 Å². The lowest BCUT2D eigenvalue weighted by Gasteiger charge is -2.22. The summed E-state index contributed by atoms with van der Waals surface area (Å²) in [7, 11) is 1.74. The quantitative estimate of drug-likeness (QED) is 0.229. The largest absolute Gasteiger partial charge is 0.495 e. The van der Waals surface area contributed by atoms with Crippen LogP contribution >= 0.6 is 24.0 Å². The zero-order valence-corrected chi connectivity index (χ0v) is 20.4. The van der Waals surface area contributed by atoms with Gasteiger partial charge in [-0.05, 0) is 70.8 Å². The van der Waals surface area contributed by atoms with Crippen molar-refractivity contribution in [2.24, 2.45) is 4.99 Å². The highest BCUT2D eigenvalue weighted by Gasteiger charge is 2.25. The Morgan fingerprint density at radius 2 is 1.97 bits per heavy atom. The van der Waals surface area contributed by atoms with Gasteiger partial charge in [-0.3, -0.25) is 4.99 Å². The highest BCUT2D eigenvalue weighted by molar-refractivity contribution is 14.0. The van der Waals surface area contributed by atoms with Crippen LogP contribution in [0, 0.1) is 0 Å². The second-order valence-electron chi connectivity index (χ2n) is 7.76. The maximum Gasteiger partial charge on any atom is 0.191 e. The normalized spacial score (nSPS) is 19.9. The molecule has 1 aromatic rings. The van der Waals surface area contributed by atoms with E-state index < -0.39 is 0 Å². The molecule has 2 heterocycles. The summed E-state index contributed by atoms with van der Waals surface area (Å²) < 4.78 is 5.52. The van der Waals surface area contributed by atoms with Gasteiger partial charge < -0.3 is 25.2 Å². The molecule has 2 saturated heterocycles. The van der Waals surface area contributed by atoms with E-state index in [9.17, 15) is 0 Å². The van der Waals surface area contributed by atoms with Crippen molar-refractivity contribution in [3.8, 4) is 5.75 Å². The molecule has 164 valence electrons. The predicted octanol–water partition coefficient (Wildman–Crippen LogP) is 3.32. The molecule has 2 aliphatic heterocycles. The minimum Gasteiger partial charge on any atom is -0.495 e. The van der Waals surface area contributed by atoms with Crippen LogP contribution in [0.25, 0.3) is 0 Å². The van der Waals surface area contributed by atoms with E-state index in [2.05, 4.69) is 39.5 Å². The first kappa shape index (κ1) is 24.1. The molecule has 1 atom stereocenters. The van der Waals surface area contributed by atoms with Crippen molar-refractivity contribution in [1.82, 2.24) is 15.5 Å². The smallest absolute Gasteiger partial charge is 0.191 e. The molecule has 0 bridgehead atoms. The summed E-state index contributed by atoms with van der Waals surface area (Å²) in [5.41, 5.74) is 1.18. The zero-order valence-electron chi connectivity index (χ0n) is 18.0. The van der Waals surface area contributed by atoms with Crippen LogP contribution in [-0.4, -0.2) is 69.8 Å². The van der Waals surface area contributed by atoms with Crippen molar-refractivity contribution >= 4 is 35.6 Å². The second-order valence-corrected chi connectivity index (χ2v) is 7.76. The van der Waals surface area contributed by atoms with E-state index in [0.717, 1.165) is 50.7 Å². The number of hydrogen-bond acceptors (Lipinski definition) is 4. The number of benzene rings is 1. The third-order valence-corrected chi connectivity index (χ3v) is 5.65. The van der Waals surface area contributed by atoms with Gasteiger partial charge in [0, 0.05) is 32.2 Å². The highest BCUT2D eigenvalue weighted by Crippen LogP contribution is 2.30. The van der Waals surface area contributed by atoms with Crippen molar-refractivity contribution < 1.29 is 4.74 Å². The molecule has 0 radical (unpaired) electrons. The molecule has 2 aliphatic rings. The summed E-state index contributed by atoms with van der Waals surface area (Å²) in [6, 6.07) is 8.68. The van der Waals surface area contributed by atoms with Gasteiger partial charge in [0.05, 0.1) is 12.8 Å². The Morgan fingerprint density at radius 1 is 1.17 bits per heavy atom. The van der Waals surface area contributed by atoms with Crippen LogP contribution in [0.3, 0.4) is 0 Å². The van der Waals surface area contributed by atoms with Gasteiger partial charge in [0.25, 0.3) is 0 Å². The number of para-hydroxylation sites is 2. The maximum absolute atomic E-state index is 5.52. The Labute approximate surface area is 193 Å². The number of likely N-dealkylation sites (tertiary alicyclic amines) is 1. The molecule has 0 amide bonds. The fraction of sp³-hybridized carbons (Fsp3) is 0.682. The number of unbranched alkanes of at least 4 members (excludes halogenated alkanes) is 1. The Kier molecular flexibility index (Phi) is 10.9. The van der Waals surface area contributed by atoms with Gasteiger partial charge in [-0.2, -0.15) is 0 Å². The summed E-state index contributed by atoms with van der Waals surface area (Å²) in [5.74, 6) is 1.90. The summed E-state index contributed by atoms with van der Waals surface area (Å²) >= 11 is 0. The lowest BCUT2D eigenvalue weighted by atomic mass is 10.2. The van der Waals surface area contributed by atoms with E-state index in [4.69, 9.17) is 9.73 Å². The maximum atomic E-state index is 5.52. The molecule has 0 saturated carbocycles. The van der Waals surface area contributed by atoms with Crippen LogP contribution < -0.4 is 20.3 Å². The van der Waals surface area contributed by atoms with Crippen LogP contribution in [0.4, 0.5) is 5.69 Å². The summed E-state index contributed by atoms with van der Waals surface area (Å²) in [6.45, 7) is 9.73. The van der Waals surface area contributed by atoms with Crippen molar-refractivity contribution in [3.05, 3.63) is 24.3 Å². The number of nitrogens with one attached hydrogen (secondary N) is 2. The highest BCUT2D eigenvalue weighted by atomic mass is 127. The van der Waals surface area contributed by atoms with Crippen LogP contribution in [0.15, 0.2) is 29.3 Å². The van der Waals surface area contributed by atoms with Gasteiger partial charge in [0.2, 0.25) is 0 Å². The molecule has 0 aromatic heterocycles. The van der Waals surface area contributed by atoms with E-state index in [1.54, 1.807) is 7.11 Å². The predicted molar refractivity (Wildman–Crippen MR) is 133 cm³/mol. The number of methoxy groups -OCH3 is 1. The van der Waals surface area contributed by atoms with Crippen molar-refractivity contribution in [2.45, 2.75) is 45.1 Å². The number of anilines is 1. The monoisotopic (exact) mass is 515 g/mol. The van der Waals surface area contributed by atoms with Gasteiger partial charge in [-0.1, -0.05) is 12.1 Å². The summed E-state index contributed by atoms with van der Waals surface area (Å²) in [4.78, 5) is 9.79. The van der Waals surface area contributed by atoms with Crippen LogP contribution in [0.1, 0.15) is 39.0 Å². The number of halogens is 1. The fourth-order valence-corrected chi connectivity index (χ4v) is 4.15. The SMILES string of the molecule is CCNC(=NCCCCN1CCCC1)NC1CCN(c2ccccc2OC)C1.I. The van der Waals surface area contributed by atoms with Crippen molar-refractivity contribution in [2.75, 3.05) is 57.8 Å². The minimum absolute atomic E-state index is 0. The van der Waals surface area contributed by atoms with E-state index in [1.807, 2.05) is 12.1 Å². The Bertz CT molecular complexity index is 621. The molecule has 1 unspecified atom stereocenters. The Morgan fingerprint density at radius 3 is 2.72 bits per heavy atom. The zero-order chi connectivity index (χ0) is 19.6. The first-order chi connectivity index (χ1) is 13.8. The standard InChI is InChI=1S/C22H37N5O.HI/c1-3-23-22(24-13-6-7-14-26-15-8-9-16-26)25-19-12-17-27(18-19)20-10-4-5-11-21(20)28-2;/h4-5,10-11,19H,3,6-9,12-18H2,1-2H3,(H2,23,24,25);1H. The minimum atomic E-state index is 0. The summed E-state index contributed by atoms with van der Waals surface area (Å²) in [5, 5.41) is 7.04. The number of nitrogens with zero attached hydrogens (tertiary/aromatic N) is 3. The molecule has 6 nitrogen and oxygen atoms in total. The average Bonchev–Trinajstić information content (AvgIpc) is 3.40. The second kappa shape index (κ2) is 13.2. The number of aliphatic imine (C=N–C) groups is 1. The van der Waals surface area contributed by atoms with Gasteiger partial charge in [-0.15, -0.1) is 24.0 Å². The molecule has 0 spiro atoms. The molecular weight excluding hydrogens is 477 g/mol. The molecule has 0 aliphatic carbocycles. The lowest BCUT2D eigenvalue weighted by molar-refractivity contribution is 0.331. The topological polar surface area (TPSA) is 52.1 Å². The van der Waals surface area contributed by atoms with E-state index in [1.165, 1.54) is 44.6 Å². The molecular formula is C22H38IN5O. The molecule has 29 heavy (non-hydrogen) atoms. The molecule has 2 fully saturated rings. The van der Waals surface area contributed by atoms with Crippen LogP contribution in [-0.2, 0) is 0 Å². The average molecular weight is 515 g/mol. The number of rotatable bonds is 9. The lowest BCUT2D eigenvalue weighted by Crippen LogP contribution is -2.44. The third kappa shape index (κ3) is 7.51. The van der Waals surface area contributed by atoms with Gasteiger partial charge in [-0.25, -0.2) is 0 Å². The fourth-order valence-electron chi connectivity index (χ4n) is 4.15. The molecule has 3 rings (SSSR count). The number of guanidine groups is 1. The first-order valence-electron chi connectivity index (χ1n) is 11.0. The summed E-state index contributed by atoms with van der Waals surface area (Å²) in [6.07, 6.45) is 6.26. The van der Waals surface area contributed by atoms with Crippen molar-refractivity contribution in [1.29, 1.82) is 0 Å². The molecule has 7 heteroatoms. The Balaban J connectivity index is 0.00000300. The molecule has 1 aromatic carbocycles. The Hall–Kier alpha value is -1.22. The first-order valence-corrected chi connectivity index (χ1v) is 11.0. The van der Waals surface area contributed by atoms with Crippen LogP contribution in [0.5, 0.6) is 5.75 Å². The molecule has 2 N–H and O–H groups in total. The van der Waals surface area contributed by atoms with E-state index in [0.29, 0.717) is 6.04 Å². The van der Waals surface area contributed by atoms with Gasteiger partial charge in [0.1, 0.15) is 5.75 Å². The van der Waals surface area contributed by atoms with Crippen LogP contribution in [0.2, 0.25) is 0 Å².